The highest BCUT2D eigenvalue weighted by molar-refractivity contribution is 5.71. The van der Waals surface area contributed by atoms with Crippen LogP contribution in [0.2, 0.25) is 0 Å². The number of alkyl halides is 2. The highest BCUT2D eigenvalue weighted by Gasteiger charge is 2.48. The summed E-state index contributed by atoms with van der Waals surface area (Å²) in [7, 11) is 0. The number of nitrogens with two attached hydrogens (primary N) is 1. The van der Waals surface area contributed by atoms with E-state index in [1.807, 2.05) is 61.5 Å². The Morgan fingerprint density at radius 1 is 1.00 bits per heavy atom. The third kappa shape index (κ3) is 3.92. The van der Waals surface area contributed by atoms with Crippen molar-refractivity contribution in [1.82, 2.24) is 4.98 Å². The van der Waals surface area contributed by atoms with E-state index in [0.29, 0.717) is 11.5 Å². The fraction of sp³-hybridized carbons (Fsp3) is 0.250. The van der Waals surface area contributed by atoms with Gasteiger partial charge < -0.3 is 11.1 Å². The molecule has 5 rings (SSSR count). The van der Waals surface area contributed by atoms with Crippen LogP contribution in [-0.2, 0) is 18.3 Å². The molecule has 2 aliphatic rings. The van der Waals surface area contributed by atoms with Crippen LogP contribution in [0.1, 0.15) is 40.7 Å². The second-order valence-corrected chi connectivity index (χ2v) is 9.35. The molecule has 2 aromatic carbocycles. The van der Waals surface area contributed by atoms with Crippen molar-refractivity contribution in [3.8, 4) is 11.3 Å². The van der Waals surface area contributed by atoms with Crippen molar-refractivity contribution in [2.75, 3.05) is 5.32 Å². The van der Waals surface area contributed by atoms with Gasteiger partial charge in [0.2, 0.25) is 0 Å². The van der Waals surface area contributed by atoms with Gasteiger partial charge in [-0.1, -0.05) is 55.6 Å². The maximum absolute atomic E-state index is 13.9. The zero-order valence-corrected chi connectivity index (χ0v) is 18.7. The van der Waals surface area contributed by atoms with Gasteiger partial charge in [0.1, 0.15) is 5.82 Å². The van der Waals surface area contributed by atoms with Crippen LogP contribution in [0.5, 0.6) is 0 Å². The SMILES string of the molecule is C=C(N)c1cccc(-c2nc(NC(=C)C3(c4ccc5c(c4)CC(F)(F)C5)CC3)ccc2C)c1. The molecule has 2 aliphatic carbocycles. The first-order chi connectivity index (χ1) is 15.7. The van der Waals surface area contributed by atoms with Gasteiger partial charge in [0, 0.05) is 35.2 Å². The number of aryl methyl sites for hydroxylation is 1. The monoisotopic (exact) mass is 443 g/mol. The van der Waals surface area contributed by atoms with Crippen molar-refractivity contribution in [2.45, 2.75) is 43.9 Å². The van der Waals surface area contributed by atoms with Crippen LogP contribution in [0, 0.1) is 6.92 Å². The topological polar surface area (TPSA) is 50.9 Å². The van der Waals surface area contributed by atoms with Gasteiger partial charge in [-0.15, -0.1) is 0 Å². The smallest absolute Gasteiger partial charge is 0.256 e. The number of benzene rings is 2. The Bertz CT molecular complexity index is 1290. The van der Waals surface area contributed by atoms with E-state index in [1.54, 1.807) is 0 Å². The average molecular weight is 444 g/mol. The first kappa shape index (κ1) is 21.4. The zero-order chi connectivity index (χ0) is 23.4. The van der Waals surface area contributed by atoms with Gasteiger partial charge in [-0.05, 0) is 59.7 Å². The normalized spacial score (nSPS) is 17.3. The molecule has 1 aromatic heterocycles. The van der Waals surface area contributed by atoms with E-state index in [-0.39, 0.29) is 18.3 Å². The Morgan fingerprint density at radius 3 is 2.48 bits per heavy atom. The molecule has 3 nitrogen and oxygen atoms in total. The largest absolute Gasteiger partial charge is 0.399 e. The summed E-state index contributed by atoms with van der Waals surface area (Å²) in [6.07, 6.45) is 1.54. The Hall–Kier alpha value is -3.47. The number of rotatable bonds is 6. The van der Waals surface area contributed by atoms with Crippen LogP contribution in [0.25, 0.3) is 17.0 Å². The molecule has 1 heterocycles. The molecule has 0 unspecified atom stereocenters. The quantitative estimate of drug-likeness (QED) is 0.465. The fourth-order valence-corrected chi connectivity index (χ4v) is 4.80. The number of pyridine rings is 1. The summed E-state index contributed by atoms with van der Waals surface area (Å²) in [6.45, 7) is 10.2. The van der Waals surface area contributed by atoms with Gasteiger partial charge in [0.05, 0.1) is 5.69 Å². The third-order valence-corrected chi connectivity index (χ3v) is 6.87. The predicted octanol–water partition coefficient (Wildman–Crippen LogP) is 6.38. The summed E-state index contributed by atoms with van der Waals surface area (Å²) in [5.41, 5.74) is 13.3. The maximum atomic E-state index is 13.9. The van der Waals surface area contributed by atoms with Gasteiger partial charge >= 0.3 is 0 Å². The van der Waals surface area contributed by atoms with Crippen molar-refractivity contribution >= 4 is 11.5 Å². The number of aromatic nitrogens is 1. The molecule has 3 N–H and O–H groups in total. The molecule has 0 bridgehead atoms. The minimum atomic E-state index is -2.64. The number of fused-ring (bicyclic) bond motifs is 1. The molecule has 0 spiro atoms. The van der Waals surface area contributed by atoms with E-state index in [2.05, 4.69) is 18.5 Å². The Balaban J connectivity index is 1.40. The lowest BCUT2D eigenvalue weighted by molar-refractivity contribution is 0.0130. The molecule has 0 amide bonds. The summed E-state index contributed by atoms with van der Waals surface area (Å²) in [4.78, 5) is 4.85. The molecule has 33 heavy (non-hydrogen) atoms. The van der Waals surface area contributed by atoms with Crippen molar-refractivity contribution in [3.63, 3.8) is 0 Å². The molecule has 1 fully saturated rings. The zero-order valence-electron chi connectivity index (χ0n) is 18.7. The van der Waals surface area contributed by atoms with Crippen molar-refractivity contribution in [1.29, 1.82) is 0 Å². The van der Waals surface area contributed by atoms with E-state index in [0.717, 1.165) is 57.6 Å². The molecule has 1 saturated carbocycles. The molecule has 0 radical (unpaired) electrons. The number of nitrogens with zero attached hydrogens (tertiary/aromatic N) is 1. The number of halogens is 2. The van der Waals surface area contributed by atoms with Gasteiger partial charge in [-0.2, -0.15) is 0 Å². The van der Waals surface area contributed by atoms with Gasteiger partial charge in [0.15, 0.2) is 0 Å². The third-order valence-electron chi connectivity index (χ3n) is 6.87. The van der Waals surface area contributed by atoms with E-state index in [9.17, 15) is 8.78 Å². The van der Waals surface area contributed by atoms with Crippen LogP contribution >= 0.6 is 0 Å². The summed E-state index contributed by atoms with van der Waals surface area (Å²) < 4.78 is 27.7. The summed E-state index contributed by atoms with van der Waals surface area (Å²) in [6, 6.07) is 17.6. The van der Waals surface area contributed by atoms with E-state index < -0.39 is 5.92 Å². The minimum Gasteiger partial charge on any atom is -0.399 e. The fourth-order valence-electron chi connectivity index (χ4n) is 4.80. The van der Waals surface area contributed by atoms with Gasteiger partial charge in [0.25, 0.3) is 5.92 Å². The standard InChI is InChI=1S/C28H27F2N3/c1-17-7-10-25(33-26(17)21-6-4-5-20(13-21)18(2)31)32-19(3)27(11-12-27)24-9-8-22-15-28(29,30)16-23(22)14-24/h4-10,13-14H,2-3,11-12,15-16,31H2,1H3,(H,32,33). The van der Waals surface area contributed by atoms with E-state index in [1.165, 1.54) is 0 Å². The van der Waals surface area contributed by atoms with Crippen molar-refractivity contribution in [3.05, 3.63) is 101 Å². The number of hydrogen-bond donors (Lipinski definition) is 2. The Morgan fingerprint density at radius 2 is 1.76 bits per heavy atom. The van der Waals surface area contributed by atoms with Crippen LogP contribution in [-0.4, -0.2) is 10.9 Å². The highest BCUT2D eigenvalue weighted by Crippen LogP contribution is 2.54. The number of hydrogen-bond acceptors (Lipinski definition) is 3. The predicted molar refractivity (Wildman–Crippen MR) is 130 cm³/mol. The first-order valence-corrected chi connectivity index (χ1v) is 11.2. The van der Waals surface area contributed by atoms with Gasteiger partial charge in [-0.3, -0.25) is 0 Å². The molecular formula is C28H27F2N3. The second-order valence-electron chi connectivity index (χ2n) is 9.35. The number of anilines is 1. The highest BCUT2D eigenvalue weighted by atomic mass is 19.3. The molecular weight excluding hydrogens is 416 g/mol. The molecule has 0 saturated heterocycles. The lowest BCUT2D eigenvalue weighted by Crippen LogP contribution is -2.17. The van der Waals surface area contributed by atoms with E-state index in [4.69, 9.17) is 10.7 Å². The molecule has 3 aromatic rings. The molecule has 168 valence electrons. The Kier molecular flexibility index (Phi) is 4.89. The summed E-state index contributed by atoms with van der Waals surface area (Å²) in [5.74, 6) is -1.93. The van der Waals surface area contributed by atoms with Crippen LogP contribution in [0.4, 0.5) is 14.6 Å². The summed E-state index contributed by atoms with van der Waals surface area (Å²) >= 11 is 0. The average Bonchev–Trinajstić information content (AvgIpc) is 3.52. The summed E-state index contributed by atoms with van der Waals surface area (Å²) in [5, 5.41) is 3.41. The van der Waals surface area contributed by atoms with Crippen LogP contribution in [0.15, 0.2) is 73.5 Å². The van der Waals surface area contributed by atoms with Crippen LogP contribution in [0.3, 0.4) is 0 Å². The second kappa shape index (κ2) is 7.55. The molecule has 5 heteroatoms. The molecule has 0 aliphatic heterocycles. The van der Waals surface area contributed by atoms with Crippen molar-refractivity contribution in [2.24, 2.45) is 5.73 Å². The number of allylic oxidation sites excluding steroid dienone is 1. The van der Waals surface area contributed by atoms with Gasteiger partial charge in [-0.25, -0.2) is 13.8 Å². The maximum Gasteiger partial charge on any atom is 0.256 e. The molecule has 0 atom stereocenters. The lowest BCUT2D eigenvalue weighted by atomic mass is 9.90. The minimum absolute atomic E-state index is 0.163. The van der Waals surface area contributed by atoms with Crippen molar-refractivity contribution < 1.29 is 8.78 Å². The van der Waals surface area contributed by atoms with E-state index >= 15 is 0 Å². The number of nitrogens with one attached hydrogen (secondary N) is 1. The lowest BCUT2D eigenvalue weighted by Gasteiger charge is -2.22. The Labute approximate surface area is 193 Å². The first-order valence-electron chi connectivity index (χ1n) is 11.2. The van der Waals surface area contributed by atoms with Crippen LogP contribution < -0.4 is 11.1 Å².